The lowest BCUT2D eigenvalue weighted by atomic mass is 9.97. The van der Waals surface area contributed by atoms with Crippen molar-refractivity contribution < 1.29 is 35.5 Å². The number of halogens is 5. The number of rotatable bonds is 6. The second-order valence-electron chi connectivity index (χ2n) is 9.42. The fourth-order valence-corrected chi connectivity index (χ4v) is 5.61. The Morgan fingerprint density at radius 3 is 2.33 bits per heavy atom. The molecule has 2 aromatic carbocycles. The van der Waals surface area contributed by atoms with Crippen LogP contribution in [0, 0.1) is 19.7 Å². The highest BCUT2D eigenvalue weighted by Gasteiger charge is 2.35. The third-order valence-electron chi connectivity index (χ3n) is 6.45. The van der Waals surface area contributed by atoms with Crippen LogP contribution in [0.5, 0.6) is 0 Å². The lowest BCUT2D eigenvalue weighted by molar-refractivity contribution is -0.141. The first-order valence-electron chi connectivity index (χ1n) is 12.2. The molecule has 3 heterocycles. The van der Waals surface area contributed by atoms with Crippen LogP contribution in [0.4, 0.5) is 17.6 Å². The zero-order valence-corrected chi connectivity index (χ0v) is 23.7. The van der Waals surface area contributed by atoms with Crippen LogP contribution in [0.25, 0.3) is 39.4 Å². The maximum Gasteiger partial charge on any atom is 0.434 e. The van der Waals surface area contributed by atoms with Crippen LogP contribution in [0.2, 0.25) is 5.15 Å². The van der Waals surface area contributed by atoms with E-state index in [0.717, 1.165) is 18.5 Å². The van der Waals surface area contributed by atoms with E-state index in [4.69, 9.17) is 16.0 Å². The van der Waals surface area contributed by atoms with E-state index in [1.165, 1.54) is 48.0 Å². The Kier molecular flexibility index (Phi) is 7.46. The quantitative estimate of drug-likeness (QED) is 0.169. The molecule has 0 unspecified atom stereocenters. The van der Waals surface area contributed by atoms with Gasteiger partial charge in [-0.1, -0.05) is 17.7 Å². The van der Waals surface area contributed by atoms with Gasteiger partial charge in [0.05, 0.1) is 17.2 Å². The molecule has 5 rings (SSSR count). The number of aliphatic hydroxyl groups is 1. The topological polar surface area (TPSA) is 111 Å². The van der Waals surface area contributed by atoms with Gasteiger partial charge in [0.15, 0.2) is 27.2 Å². The van der Waals surface area contributed by atoms with Crippen molar-refractivity contribution in [2.45, 2.75) is 31.5 Å². The van der Waals surface area contributed by atoms with Crippen molar-refractivity contribution in [3.05, 3.63) is 88.8 Å². The van der Waals surface area contributed by atoms with E-state index in [2.05, 4.69) is 15.0 Å². The molecule has 42 heavy (non-hydrogen) atoms. The third kappa shape index (κ3) is 5.54. The SMILES string of the molecule is Cc1nc(-c2cc(-c3cc(F)c(CO)c(S(C)(=O)=O)c3)ccc2-n2cc(C(F)(F)F)nc2C)c(-c2ccc(Cl)nc2)o1. The molecule has 1 N–H and O–H groups in total. The smallest absolute Gasteiger partial charge is 0.434 e. The van der Waals surface area contributed by atoms with Crippen molar-refractivity contribution in [2.24, 2.45) is 0 Å². The average molecular weight is 621 g/mol. The van der Waals surface area contributed by atoms with E-state index in [9.17, 15) is 31.1 Å². The van der Waals surface area contributed by atoms with Crippen molar-refractivity contribution in [3.63, 3.8) is 0 Å². The molecule has 0 fully saturated rings. The Labute approximate surface area is 242 Å². The number of imidazole rings is 1. The number of aryl methyl sites for hydroxylation is 2. The van der Waals surface area contributed by atoms with Gasteiger partial charge in [-0.15, -0.1) is 0 Å². The molecule has 5 aromatic rings. The second-order valence-corrected chi connectivity index (χ2v) is 11.8. The van der Waals surface area contributed by atoms with Gasteiger partial charge in [-0.3, -0.25) is 0 Å². The summed E-state index contributed by atoms with van der Waals surface area (Å²) in [6, 6.07) is 9.99. The minimum atomic E-state index is -4.70. The summed E-state index contributed by atoms with van der Waals surface area (Å²) < 4.78 is 87.5. The number of alkyl halides is 3. The van der Waals surface area contributed by atoms with Crippen LogP contribution in [0.1, 0.15) is 23.0 Å². The monoisotopic (exact) mass is 620 g/mol. The lowest BCUT2D eigenvalue weighted by Crippen LogP contribution is -2.06. The molecular weight excluding hydrogens is 600 g/mol. The normalized spacial score (nSPS) is 12.2. The standard InChI is InChI=1S/C28H21ClF4N4O4S/c1-14-35-24(28(31,32)33)12-37(14)22-6-4-16(18-9-21(30)20(13-38)23(10-18)42(3,39)40)8-19(22)26-27(41-15(2)36-26)17-5-7-25(29)34-11-17/h4-12,38H,13H2,1-3H3. The molecule has 3 aromatic heterocycles. The van der Waals surface area contributed by atoms with E-state index >= 15 is 0 Å². The predicted molar refractivity (Wildman–Crippen MR) is 146 cm³/mol. The Hall–Kier alpha value is -4.07. The van der Waals surface area contributed by atoms with E-state index in [1.807, 2.05) is 0 Å². The highest BCUT2D eigenvalue weighted by Crippen LogP contribution is 2.40. The number of hydrogen-bond acceptors (Lipinski definition) is 7. The molecule has 0 atom stereocenters. The highest BCUT2D eigenvalue weighted by molar-refractivity contribution is 7.90. The van der Waals surface area contributed by atoms with E-state index in [0.29, 0.717) is 11.1 Å². The summed E-state index contributed by atoms with van der Waals surface area (Å²) >= 11 is 5.94. The van der Waals surface area contributed by atoms with Crippen LogP contribution < -0.4 is 0 Å². The van der Waals surface area contributed by atoms with Crippen LogP contribution in [0.15, 0.2) is 64.2 Å². The van der Waals surface area contributed by atoms with Crippen LogP contribution in [0.3, 0.4) is 0 Å². The number of oxazole rings is 1. The summed E-state index contributed by atoms with van der Waals surface area (Å²) in [4.78, 5) is 11.8. The first-order chi connectivity index (χ1) is 19.7. The summed E-state index contributed by atoms with van der Waals surface area (Å²) in [6.45, 7) is 2.16. The number of hydrogen-bond donors (Lipinski definition) is 1. The average Bonchev–Trinajstić information content (AvgIpc) is 3.50. The summed E-state index contributed by atoms with van der Waals surface area (Å²) in [5, 5.41) is 9.82. The molecule has 0 spiro atoms. The number of pyridine rings is 1. The minimum absolute atomic E-state index is 0.0314. The number of sulfone groups is 1. The van der Waals surface area contributed by atoms with Gasteiger partial charge in [0.2, 0.25) is 0 Å². The summed E-state index contributed by atoms with van der Waals surface area (Å²) in [7, 11) is -3.94. The van der Waals surface area contributed by atoms with Crippen molar-refractivity contribution in [1.29, 1.82) is 0 Å². The summed E-state index contributed by atoms with van der Waals surface area (Å²) in [5.41, 5.74) is 0.197. The molecule has 0 aliphatic carbocycles. The Morgan fingerprint density at radius 2 is 1.74 bits per heavy atom. The van der Waals surface area contributed by atoms with Gasteiger partial charge < -0.3 is 14.1 Å². The highest BCUT2D eigenvalue weighted by atomic mass is 35.5. The Bertz CT molecular complexity index is 1930. The number of nitrogens with zero attached hydrogens (tertiary/aromatic N) is 4. The summed E-state index contributed by atoms with van der Waals surface area (Å²) in [5.74, 6) is -0.430. The van der Waals surface area contributed by atoms with E-state index in [1.54, 1.807) is 13.0 Å². The third-order valence-corrected chi connectivity index (χ3v) is 7.84. The van der Waals surface area contributed by atoms with Gasteiger partial charge in [-0.05, 0) is 54.4 Å². The molecular formula is C28H21ClF4N4O4S. The van der Waals surface area contributed by atoms with Crippen LogP contribution >= 0.6 is 11.6 Å². The largest absolute Gasteiger partial charge is 0.440 e. The molecule has 8 nitrogen and oxygen atoms in total. The molecule has 0 saturated heterocycles. The zero-order valence-electron chi connectivity index (χ0n) is 22.2. The molecule has 0 amide bonds. The summed E-state index contributed by atoms with van der Waals surface area (Å²) in [6.07, 6.45) is -1.51. The van der Waals surface area contributed by atoms with Gasteiger partial charge in [0.1, 0.15) is 22.5 Å². The maximum atomic E-state index is 15.0. The first kappa shape index (κ1) is 29.4. The fraction of sp³-hybridized carbons (Fsp3) is 0.179. The Morgan fingerprint density at radius 1 is 1.02 bits per heavy atom. The van der Waals surface area contributed by atoms with Gasteiger partial charge >= 0.3 is 6.18 Å². The van der Waals surface area contributed by atoms with Gasteiger partial charge in [-0.25, -0.2) is 27.8 Å². The number of aliphatic hydroxyl groups excluding tert-OH is 1. The van der Waals surface area contributed by atoms with Crippen molar-refractivity contribution in [2.75, 3.05) is 6.26 Å². The molecule has 0 aliphatic heterocycles. The Balaban J connectivity index is 1.80. The van der Waals surface area contributed by atoms with E-state index < -0.39 is 39.0 Å². The zero-order chi connectivity index (χ0) is 30.6. The fourth-order valence-electron chi connectivity index (χ4n) is 4.55. The predicted octanol–water partition coefficient (Wildman–Crippen LogP) is 6.58. The van der Waals surface area contributed by atoms with Gasteiger partial charge in [0.25, 0.3) is 0 Å². The van der Waals surface area contributed by atoms with Gasteiger partial charge in [-0.2, -0.15) is 13.2 Å². The number of benzene rings is 2. The molecule has 14 heteroatoms. The van der Waals surface area contributed by atoms with E-state index in [-0.39, 0.29) is 50.7 Å². The minimum Gasteiger partial charge on any atom is -0.440 e. The first-order valence-corrected chi connectivity index (χ1v) is 14.5. The molecule has 0 saturated carbocycles. The van der Waals surface area contributed by atoms with Crippen molar-refractivity contribution in [3.8, 4) is 39.4 Å². The van der Waals surface area contributed by atoms with Crippen LogP contribution in [-0.4, -0.2) is 39.3 Å². The van der Waals surface area contributed by atoms with Crippen LogP contribution in [-0.2, 0) is 22.6 Å². The van der Waals surface area contributed by atoms with Gasteiger partial charge in [0, 0.05) is 42.3 Å². The lowest BCUT2D eigenvalue weighted by Gasteiger charge is -2.15. The van der Waals surface area contributed by atoms with Crippen molar-refractivity contribution in [1.82, 2.24) is 19.5 Å². The molecule has 0 aliphatic rings. The van der Waals surface area contributed by atoms with Crippen molar-refractivity contribution >= 4 is 21.4 Å². The molecule has 0 radical (unpaired) electrons. The molecule has 0 bridgehead atoms. The molecule has 218 valence electrons. The number of aromatic nitrogens is 4. The second kappa shape index (κ2) is 10.6. The maximum absolute atomic E-state index is 15.0.